The van der Waals surface area contributed by atoms with Gasteiger partial charge in [0, 0.05) is 31.7 Å². The van der Waals surface area contributed by atoms with Gasteiger partial charge in [-0.15, -0.1) is 0 Å². The molecule has 3 aromatic rings. The maximum absolute atomic E-state index is 11.3. The van der Waals surface area contributed by atoms with Gasteiger partial charge in [0.15, 0.2) is 12.3 Å². The van der Waals surface area contributed by atoms with Gasteiger partial charge in [-0.2, -0.15) is 0 Å². The molecule has 0 atom stereocenters. The SMILES string of the molecule is CCCN1CCC(Nc2c(Cl)cnc3[nH]c(-c4ccc(OCC(=O)NC)cc4)nc23)CC1. The van der Waals surface area contributed by atoms with Gasteiger partial charge < -0.3 is 25.3 Å². The lowest BCUT2D eigenvalue weighted by Gasteiger charge is -2.32. The van der Waals surface area contributed by atoms with Gasteiger partial charge in [-0.05, 0) is 50.1 Å². The number of carbonyl (C=O) groups excluding carboxylic acids is 1. The molecule has 4 rings (SSSR count). The first kappa shape index (κ1) is 22.4. The summed E-state index contributed by atoms with van der Waals surface area (Å²) in [5.74, 6) is 1.14. The number of nitrogens with zero attached hydrogens (tertiary/aromatic N) is 3. The van der Waals surface area contributed by atoms with E-state index in [1.54, 1.807) is 13.2 Å². The van der Waals surface area contributed by atoms with Crippen LogP contribution in [-0.4, -0.2) is 65.1 Å². The predicted molar refractivity (Wildman–Crippen MR) is 127 cm³/mol. The number of benzene rings is 1. The summed E-state index contributed by atoms with van der Waals surface area (Å²) in [6.45, 7) is 5.55. The summed E-state index contributed by atoms with van der Waals surface area (Å²) in [5, 5.41) is 6.73. The Balaban J connectivity index is 1.50. The Morgan fingerprint density at radius 3 is 2.72 bits per heavy atom. The summed E-state index contributed by atoms with van der Waals surface area (Å²) >= 11 is 6.51. The first-order valence-electron chi connectivity index (χ1n) is 11.0. The number of hydrogen-bond donors (Lipinski definition) is 3. The first-order valence-corrected chi connectivity index (χ1v) is 11.4. The van der Waals surface area contributed by atoms with Crippen molar-refractivity contribution in [2.75, 3.05) is 38.6 Å². The predicted octanol–water partition coefficient (Wildman–Crippen LogP) is 3.69. The molecule has 9 heteroatoms. The fourth-order valence-electron chi connectivity index (χ4n) is 3.96. The van der Waals surface area contributed by atoms with Gasteiger partial charge in [-0.1, -0.05) is 18.5 Å². The van der Waals surface area contributed by atoms with Crippen LogP contribution >= 0.6 is 11.6 Å². The van der Waals surface area contributed by atoms with Gasteiger partial charge in [0.1, 0.15) is 17.1 Å². The van der Waals surface area contributed by atoms with Gasteiger partial charge >= 0.3 is 0 Å². The molecule has 0 spiro atoms. The quantitative estimate of drug-likeness (QED) is 0.478. The van der Waals surface area contributed by atoms with Gasteiger partial charge in [0.05, 0.1) is 16.9 Å². The van der Waals surface area contributed by atoms with Crippen LogP contribution in [0.15, 0.2) is 30.5 Å². The average molecular weight is 457 g/mol. The van der Waals surface area contributed by atoms with Crippen LogP contribution in [0.1, 0.15) is 26.2 Å². The number of hydrogen-bond acceptors (Lipinski definition) is 6. The molecule has 32 heavy (non-hydrogen) atoms. The van der Waals surface area contributed by atoms with Crippen molar-refractivity contribution in [1.29, 1.82) is 0 Å². The topological polar surface area (TPSA) is 95.2 Å². The second-order valence-corrected chi connectivity index (χ2v) is 8.42. The maximum Gasteiger partial charge on any atom is 0.257 e. The fourth-order valence-corrected chi connectivity index (χ4v) is 4.15. The lowest BCUT2D eigenvalue weighted by Crippen LogP contribution is -2.39. The highest BCUT2D eigenvalue weighted by Gasteiger charge is 2.21. The monoisotopic (exact) mass is 456 g/mol. The molecule has 0 unspecified atom stereocenters. The number of amides is 1. The number of pyridine rings is 1. The fraction of sp³-hybridized carbons (Fsp3) is 0.435. The van der Waals surface area contributed by atoms with Crippen LogP contribution in [0.4, 0.5) is 5.69 Å². The van der Waals surface area contributed by atoms with Crippen LogP contribution in [0.2, 0.25) is 5.02 Å². The normalized spacial score (nSPS) is 15.1. The molecule has 8 nitrogen and oxygen atoms in total. The minimum atomic E-state index is -0.176. The summed E-state index contributed by atoms with van der Waals surface area (Å²) in [4.78, 5) is 26.4. The van der Waals surface area contributed by atoms with Gasteiger partial charge in [-0.3, -0.25) is 4.79 Å². The van der Waals surface area contributed by atoms with Gasteiger partial charge in [0.25, 0.3) is 5.91 Å². The number of carbonyl (C=O) groups is 1. The van der Waals surface area contributed by atoms with Crippen molar-refractivity contribution in [2.45, 2.75) is 32.2 Å². The number of halogens is 1. The Hall–Kier alpha value is -2.84. The molecule has 1 aliphatic heterocycles. The van der Waals surface area contributed by atoms with Crippen molar-refractivity contribution >= 4 is 34.4 Å². The van der Waals surface area contributed by atoms with E-state index in [2.05, 4.69) is 32.4 Å². The van der Waals surface area contributed by atoms with Crippen LogP contribution in [0.5, 0.6) is 5.75 Å². The van der Waals surface area contributed by atoms with Crippen LogP contribution in [-0.2, 0) is 4.79 Å². The second kappa shape index (κ2) is 10.2. The van der Waals surface area contributed by atoms with E-state index in [0.717, 1.165) is 49.2 Å². The van der Waals surface area contributed by atoms with E-state index in [0.29, 0.717) is 28.3 Å². The van der Waals surface area contributed by atoms with Crippen LogP contribution < -0.4 is 15.4 Å². The minimum absolute atomic E-state index is 0.0185. The molecular formula is C23H29ClN6O2. The summed E-state index contributed by atoms with van der Waals surface area (Å²) < 4.78 is 5.46. The summed E-state index contributed by atoms with van der Waals surface area (Å²) in [7, 11) is 1.58. The van der Waals surface area contributed by atoms with Crippen molar-refractivity contribution in [3.05, 3.63) is 35.5 Å². The summed E-state index contributed by atoms with van der Waals surface area (Å²) in [6.07, 6.45) is 5.01. The van der Waals surface area contributed by atoms with E-state index in [-0.39, 0.29) is 12.5 Å². The van der Waals surface area contributed by atoms with E-state index >= 15 is 0 Å². The molecular weight excluding hydrogens is 428 g/mol. The van der Waals surface area contributed by atoms with E-state index in [1.165, 1.54) is 6.42 Å². The number of imidazole rings is 1. The third-order valence-corrected chi connectivity index (χ3v) is 6.01. The number of aromatic amines is 1. The van der Waals surface area contributed by atoms with Gasteiger partial charge in [0.2, 0.25) is 0 Å². The highest BCUT2D eigenvalue weighted by atomic mass is 35.5. The number of likely N-dealkylation sites (tertiary alicyclic amines) is 1. The van der Waals surface area contributed by atoms with E-state index in [9.17, 15) is 4.79 Å². The molecule has 0 radical (unpaired) electrons. The average Bonchev–Trinajstić information content (AvgIpc) is 3.25. The third-order valence-electron chi connectivity index (χ3n) is 5.72. The Kier molecular flexibility index (Phi) is 7.12. The zero-order valence-electron chi connectivity index (χ0n) is 18.4. The molecule has 170 valence electrons. The zero-order chi connectivity index (χ0) is 22.5. The number of fused-ring (bicyclic) bond motifs is 1. The van der Waals surface area contributed by atoms with Crippen molar-refractivity contribution in [2.24, 2.45) is 0 Å². The number of rotatable bonds is 8. The van der Waals surface area contributed by atoms with Crippen molar-refractivity contribution in [1.82, 2.24) is 25.2 Å². The second-order valence-electron chi connectivity index (χ2n) is 8.01. The van der Waals surface area contributed by atoms with Crippen LogP contribution in [0, 0.1) is 0 Å². The highest BCUT2D eigenvalue weighted by molar-refractivity contribution is 6.34. The van der Waals surface area contributed by atoms with Crippen molar-refractivity contribution in [3.63, 3.8) is 0 Å². The Morgan fingerprint density at radius 2 is 2.03 bits per heavy atom. The molecule has 1 aliphatic rings. The van der Waals surface area contributed by atoms with E-state index < -0.39 is 0 Å². The summed E-state index contributed by atoms with van der Waals surface area (Å²) in [5.41, 5.74) is 3.16. The number of ether oxygens (including phenoxy) is 1. The molecule has 1 amide bonds. The highest BCUT2D eigenvalue weighted by Crippen LogP contribution is 2.32. The largest absolute Gasteiger partial charge is 0.484 e. The number of likely N-dealkylation sites (N-methyl/N-ethyl adjacent to an activating group) is 1. The van der Waals surface area contributed by atoms with Crippen molar-refractivity contribution < 1.29 is 9.53 Å². The Labute approximate surface area is 192 Å². The smallest absolute Gasteiger partial charge is 0.257 e. The minimum Gasteiger partial charge on any atom is -0.484 e. The molecule has 3 N–H and O–H groups in total. The molecule has 1 aromatic carbocycles. The molecule has 0 saturated carbocycles. The maximum atomic E-state index is 11.3. The Morgan fingerprint density at radius 1 is 1.28 bits per heavy atom. The van der Waals surface area contributed by atoms with Crippen LogP contribution in [0.3, 0.4) is 0 Å². The lowest BCUT2D eigenvalue weighted by molar-refractivity contribution is -0.122. The standard InChI is InChI=1S/C23H29ClN6O2/c1-3-10-30-11-8-16(9-12-30)27-20-18(24)13-26-23-21(20)28-22(29-23)15-4-6-17(7-5-15)32-14-19(31)25-2/h4-7,13,16H,3,8-12,14H2,1-2H3,(H,25,31)(H2,26,27,28,29). The zero-order valence-corrected chi connectivity index (χ0v) is 19.2. The van der Waals surface area contributed by atoms with E-state index in [4.69, 9.17) is 21.3 Å². The summed E-state index contributed by atoms with van der Waals surface area (Å²) in [6, 6.07) is 7.79. The third kappa shape index (κ3) is 5.14. The molecule has 0 aliphatic carbocycles. The number of anilines is 1. The Bertz CT molecular complexity index is 1060. The van der Waals surface area contributed by atoms with Gasteiger partial charge in [-0.25, -0.2) is 9.97 Å². The molecule has 3 heterocycles. The molecule has 0 bridgehead atoms. The number of aromatic nitrogens is 3. The number of H-pyrrole nitrogens is 1. The van der Waals surface area contributed by atoms with Crippen LogP contribution in [0.25, 0.3) is 22.6 Å². The molecule has 1 saturated heterocycles. The van der Waals surface area contributed by atoms with Crippen molar-refractivity contribution in [3.8, 4) is 17.1 Å². The number of piperidine rings is 1. The first-order chi connectivity index (χ1) is 15.6. The lowest BCUT2D eigenvalue weighted by atomic mass is 10.0. The number of nitrogens with one attached hydrogen (secondary N) is 3. The molecule has 1 fully saturated rings. The molecule has 2 aromatic heterocycles. The van der Waals surface area contributed by atoms with E-state index in [1.807, 2.05) is 24.3 Å².